The predicted molar refractivity (Wildman–Crippen MR) is 92.1 cm³/mol. The minimum atomic E-state index is -0.504. The molecule has 1 saturated carbocycles. The average molecular weight is 330 g/mol. The number of fused-ring (bicyclic) bond motifs is 1. The van der Waals surface area contributed by atoms with E-state index in [1.165, 1.54) is 0 Å². The van der Waals surface area contributed by atoms with Gasteiger partial charge in [-0.3, -0.25) is 4.79 Å². The molecule has 0 spiro atoms. The van der Waals surface area contributed by atoms with Crippen LogP contribution in [0.4, 0.5) is 5.82 Å². The predicted octanol–water partition coefficient (Wildman–Crippen LogP) is 3.23. The molecule has 0 bridgehead atoms. The number of carbonyl (C=O) groups is 2. The van der Waals surface area contributed by atoms with Crippen LogP contribution in [-0.2, 0) is 9.53 Å². The van der Waals surface area contributed by atoms with E-state index < -0.39 is 5.60 Å². The second-order valence-corrected chi connectivity index (χ2v) is 7.94. The number of hydrogen-bond acceptors (Lipinski definition) is 5. The van der Waals surface area contributed by atoms with Gasteiger partial charge < -0.3 is 9.64 Å². The summed E-state index contributed by atoms with van der Waals surface area (Å²) in [5.74, 6) is 2.11. The third-order valence-electron chi connectivity index (χ3n) is 4.88. The Morgan fingerprint density at radius 2 is 2.04 bits per heavy atom. The van der Waals surface area contributed by atoms with Gasteiger partial charge in [0.25, 0.3) is 0 Å². The van der Waals surface area contributed by atoms with E-state index in [0.717, 1.165) is 44.6 Å². The summed E-state index contributed by atoms with van der Waals surface area (Å²) >= 11 is 0. The molecule has 5 heteroatoms. The maximum Gasteiger partial charge on any atom is 0.340 e. The molecule has 3 rings (SSSR count). The first kappa shape index (κ1) is 16.9. The first-order valence-corrected chi connectivity index (χ1v) is 8.78. The largest absolute Gasteiger partial charge is 0.456 e. The summed E-state index contributed by atoms with van der Waals surface area (Å²) in [5, 5.41) is 0. The molecule has 24 heavy (non-hydrogen) atoms. The second-order valence-electron chi connectivity index (χ2n) is 7.94. The molecule has 1 aromatic rings. The van der Waals surface area contributed by atoms with Gasteiger partial charge in [0.05, 0.1) is 5.56 Å². The van der Waals surface area contributed by atoms with Gasteiger partial charge in [-0.05, 0) is 57.6 Å². The topological polar surface area (TPSA) is 59.5 Å². The van der Waals surface area contributed by atoms with Gasteiger partial charge >= 0.3 is 5.97 Å². The molecule has 0 N–H and O–H groups in total. The Kier molecular flexibility index (Phi) is 4.61. The van der Waals surface area contributed by atoms with E-state index in [0.29, 0.717) is 23.2 Å². The van der Waals surface area contributed by atoms with Gasteiger partial charge in [-0.25, -0.2) is 9.78 Å². The first-order chi connectivity index (χ1) is 11.3. The van der Waals surface area contributed by atoms with Gasteiger partial charge in [0.1, 0.15) is 17.2 Å². The number of ketones is 1. The maximum atomic E-state index is 12.1. The fourth-order valence-electron chi connectivity index (χ4n) is 3.66. The standard InChI is InChI=1S/C19H26N2O3/c1-19(2,3)24-18(23)14-5-7-17(20-11-14)21-9-8-13-10-16(22)6-4-15(13)12-21/h5,7,11,13,15H,4,6,8-10,12H2,1-3H3/t13?,15-/m1/s1. The van der Waals surface area contributed by atoms with Crippen molar-refractivity contribution in [2.45, 2.75) is 52.1 Å². The van der Waals surface area contributed by atoms with Crippen molar-refractivity contribution in [3.8, 4) is 0 Å². The molecule has 0 aromatic carbocycles. The normalized spacial score (nSPS) is 24.5. The number of Topliss-reactive ketones (excluding diaryl/α,β-unsaturated/α-hetero) is 1. The van der Waals surface area contributed by atoms with Crippen LogP contribution in [0.5, 0.6) is 0 Å². The van der Waals surface area contributed by atoms with Crippen LogP contribution in [0, 0.1) is 11.8 Å². The molecule has 2 atom stereocenters. The third-order valence-corrected chi connectivity index (χ3v) is 4.88. The smallest absolute Gasteiger partial charge is 0.340 e. The number of nitrogens with zero attached hydrogens (tertiary/aromatic N) is 2. The molecule has 2 aliphatic rings. The third kappa shape index (κ3) is 3.94. The number of esters is 1. The van der Waals surface area contributed by atoms with Crippen molar-refractivity contribution >= 4 is 17.6 Å². The number of pyridine rings is 1. The Balaban J connectivity index is 1.64. The summed E-state index contributed by atoms with van der Waals surface area (Å²) in [6, 6.07) is 3.68. The van der Waals surface area contributed by atoms with Crippen LogP contribution in [0.3, 0.4) is 0 Å². The van der Waals surface area contributed by atoms with Gasteiger partial charge in [-0.15, -0.1) is 0 Å². The molecule has 5 nitrogen and oxygen atoms in total. The lowest BCUT2D eigenvalue weighted by Gasteiger charge is -2.41. The molecular formula is C19H26N2O3. The number of rotatable bonds is 2. The summed E-state index contributed by atoms with van der Waals surface area (Å²) in [4.78, 5) is 30.4. The highest BCUT2D eigenvalue weighted by atomic mass is 16.6. The first-order valence-electron chi connectivity index (χ1n) is 8.78. The highest BCUT2D eigenvalue weighted by Crippen LogP contribution is 2.35. The van der Waals surface area contributed by atoms with Crippen molar-refractivity contribution in [1.29, 1.82) is 0 Å². The minimum absolute atomic E-state index is 0.342. The Labute approximate surface area is 143 Å². The van der Waals surface area contributed by atoms with Crippen molar-refractivity contribution in [1.82, 2.24) is 4.98 Å². The van der Waals surface area contributed by atoms with Crippen molar-refractivity contribution in [2.75, 3.05) is 18.0 Å². The van der Waals surface area contributed by atoms with Crippen molar-refractivity contribution in [2.24, 2.45) is 11.8 Å². The maximum absolute atomic E-state index is 12.1. The van der Waals surface area contributed by atoms with E-state index in [1.807, 2.05) is 26.8 Å². The molecule has 1 unspecified atom stereocenters. The number of carbonyl (C=O) groups excluding carboxylic acids is 2. The summed E-state index contributed by atoms with van der Waals surface area (Å²) in [6.07, 6.45) is 5.12. The lowest BCUT2D eigenvalue weighted by Crippen LogP contribution is -2.43. The molecule has 2 fully saturated rings. The van der Waals surface area contributed by atoms with Crippen LogP contribution in [0.2, 0.25) is 0 Å². The molecule has 1 aliphatic heterocycles. The number of piperidine rings is 1. The minimum Gasteiger partial charge on any atom is -0.456 e. The number of anilines is 1. The van der Waals surface area contributed by atoms with Gasteiger partial charge in [0.2, 0.25) is 0 Å². The van der Waals surface area contributed by atoms with E-state index in [2.05, 4.69) is 9.88 Å². The molecule has 1 aliphatic carbocycles. The van der Waals surface area contributed by atoms with Gasteiger partial charge in [0.15, 0.2) is 0 Å². The average Bonchev–Trinajstić information content (AvgIpc) is 2.53. The van der Waals surface area contributed by atoms with E-state index in [4.69, 9.17) is 4.74 Å². The van der Waals surface area contributed by atoms with Crippen molar-refractivity contribution < 1.29 is 14.3 Å². The fourth-order valence-corrected chi connectivity index (χ4v) is 3.66. The Morgan fingerprint density at radius 3 is 2.71 bits per heavy atom. The number of aromatic nitrogens is 1. The molecule has 2 heterocycles. The summed E-state index contributed by atoms with van der Waals surface area (Å²) in [7, 11) is 0. The monoisotopic (exact) mass is 330 g/mol. The van der Waals surface area contributed by atoms with E-state index >= 15 is 0 Å². The summed E-state index contributed by atoms with van der Waals surface area (Å²) in [6.45, 7) is 7.44. The lowest BCUT2D eigenvalue weighted by atomic mass is 9.74. The van der Waals surface area contributed by atoms with E-state index in [1.54, 1.807) is 12.3 Å². The molecular weight excluding hydrogens is 304 g/mol. The van der Waals surface area contributed by atoms with Crippen LogP contribution in [-0.4, -0.2) is 35.4 Å². The molecule has 0 radical (unpaired) electrons. The van der Waals surface area contributed by atoms with Crippen molar-refractivity contribution in [3.63, 3.8) is 0 Å². The Morgan fingerprint density at radius 1 is 1.25 bits per heavy atom. The highest BCUT2D eigenvalue weighted by Gasteiger charge is 2.34. The zero-order valence-electron chi connectivity index (χ0n) is 14.7. The molecule has 1 saturated heterocycles. The van der Waals surface area contributed by atoms with Crippen LogP contribution in [0.15, 0.2) is 18.3 Å². The Hall–Kier alpha value is -1.91. The zero-order chi connectivity index (χ0) is 17.3. The second kappa shape index (κ2) is 6.54. The van der Waals surface area contributed by atoms with E-state index in [-0.39, 0.29) is 5.97 Å². The Bertz CT molecular complexity index is 618. The molecule has 1 aromatic heterocycles. The summed E-state index contributed by atoms with van der Waals surface area (Å²) < 4.78 is 5.37. The quantitative estimate of drug-likeness (QED) is 0.779. The van der Waals surface area contributed by atoms with Crippen LogP contribution in [0.25, 0.3) is 0 Å². The molecule has 130 valence electrons. The van der Waals surface area contributed by atoms with Gasteiger partial charge in [-0.1, -0.05) is 0 Å². The van der Waals surface area contributed by atoms with Gasteiger partial charge in [-0.2, -0.15) is 0 Å². The van der Waals surface area contributed by atoms with Crippen LogP contribution in [0.1, 0.15) is 56.8 Å². The zero-order valence-corrected chi connectivity index (χ0v) is 14.7. The van der Waals surface area contributed by atoms with Crippen LogP contribution >= 0.6 is 0 Å². The highest BCUT2D eigenvalue weighted by molar-refractivity contribution is 5.89. The van der Waals surface area contributed by atoms with E-state index in [9.17, 15) is 9.59 Å². The lowest BCUT2D eigenvalue weighted by molar-refractivity contribution is -0.122. The SMILES string of the molecule is CC(C)(C)OC(=O)c1ccc(N2CCC3CC(=O)CC[C@@H]3C2)nc1. The molecule has 0 amide bonds. The van der Waals surface area contributed by atoms with Crippen molar-refractivity contribution in [3.05, 3.63) is 23.9 Å². The van der Waals surface area contributed by atoms with Gasteiger partial charge in [0, 0.05) is 32.1 Å². The number of hydrogen-bond donors (Lipinski definition) is 0. The summed E-state index contributed by atoms with van der Waals surface area (Å²) in [5.41, 5.74) is -0.0254. The number of ether oxygens (including phenoxy) is 1. The fraction of sp³-hybridized carbons (Fsp3) is 0.632. The van der Waals surface area contributed by atoms with Crippen LogP contribution < -0.4 is 4.90 Å².